The Morgan fingerprint density at radius 1 is 1.17 bits per heavy atom. The van der Waals surface area contributed by atoms with Gasteiger partial charge in [-0.3, -0.25) is 10.1 Å². The van der Waals surface area contributed by atoms with Crippen LogP contribution in [-0.4, -0.2) is 46.4 Å². The molecule has 0 aliphatic carbocycles. The average Bonchev–Trinajstić information content (AvgIpc) is 3.49. The Kier molecular flexibility index (Phi) is 7.32. The van der Waals surface area contributed by atoms with E-state index in [0.717, 1.165) is 17.7 Å². The third-order valence-corrected chi connectivity index (χ3v) is 6.85. The van der Waals surface area contributed by atoms with Crippen molar-refractivity contribution < 1.29 is 22.8 Å². The van der Waals surface area contributed by atoms with Crippen molar-refractivity contribution in [1.29, 1.82) is 0 Å². The van der Waals surface area contributed by atoms with Crippen LogP contribution in [0.4, 0.5) is 23.8 Å². The molecule has 0 spiro atoms. The van der Waals surface area contributed by atoms with Crippen molar-refractivity contribution in [3.05, 3.63) is 70.1 Å². The number of likely N-dealkylation sites (tertiary alicyclic amines) is 1. The molecule has 0 saturated carbocycles. The number of carbonyl (C=O) groups excluding carboxylic acids is 2. The van der Waals surface area contributed by atoms with Crippen molar-refractivity contribution in [3.63, 3.8) is 0 Å². The summed E-state index contributed by atoms with van der Waals surface area (Å²) < 4.78 is 38.3. The zero-order valence-corrected chi connectivity index (χ0v) is 20.3. The van der Waals surface area contributed by atoms with Crippen molar-refractivity contribution in [3.8, 4) is 10.6 Å². The number of hydrogen-bond acceptors (Lipinski definition) is 4. The minimum atomic E-state index is -4.41. The van der Waals surface area contributed by atoms with Crippen molar-refractivity contribution in [2.45, 2.75) is 31.6 Å². The molecule has 11 heteroatoms. The number of halogens is 4. The molecule has 1 saturated heterocycles. The molecule has 1 aromatic heterocycles. The topological polar surface area (TPSA) is 65.5 Å². The number of hydrogen-bond donors (Lipinski definition) is 1. The number of urea groups is 1. The second-order valence-electron chi connectivity index (χ2n) is 8.22. The second kappa shape index (κ2) is 10.2. The molecule has 3 amide bonds. The Labute approximate surface area is 209 Å². The van der Waals surface area contributed by atoms with Crippen molar-refractivity contribution >= 4 is 40.7 Å². The van der Waals surface area contributed by atoms with Gasteiger partial charge in [0, 0.05) is 36.1 Å². The summed E-state index contributed by atoms with van der Waals surface area (Å²) in [6.07, 6.45) is -3.15. The minimum absolute atomic E-state index is 0.156. The first kappa shape index (κ1) is 25.0. The van der Waals surface area contributed by atoms with Gasteiger partial charge in [-0.25, -0.2) is 9.78 Å². The summed E-state index contributed by atoms with van der Waals surface area (Å²) in [5, 5.41) is 5.42. The number of anilines is 1. The van der Waals surface area contributed by atoms with Gasteiger partial charge in [-0.15, -0.1) is 11.3 Å². The van der Waals surface area contributed by atoms with E-state index in [1.807, 2.05) is 12.1 Å². The van der Waals surface area contributed by atoms with Crippen LogP contribution in [0.5, 0.6) is 0 Å². The Bertz CT molecular complexity index is 1200. The number of benzene rings is 2. The van der Waals surface area contributed by atoms with Gasteiger partial charge in [0.2, 0.25) is 5.91 Å². The summed E-state index contributed by atoms with van der Waals surface area (Å²) in [5.74, 6) is 0.124. The molecular formula is C24H22ClF3N4O2S. The molecule has 3 aromatic rings. The van der Waals surface area contributed by atoms with E-state index in [1.165, 1.54) is 28.4 Å². The summed E-state index contributed by atoms with van der Waals surface area (Å²) in [4.78, 5) is 33.4. The monoisotopic (exact) mass is 522 g/mol. The van der Waals surface area contributed by atoms with Crippen LogP contribution in [0.25, 0.3) is 10.6 Å². The number of carbonyl (C=O) groups is 2. The maximum Gasteiger partial charge on any atom is 0.416 e. The lowest BCUT2D eigenvalue weighted by atomic mass is 10.1. The van der Waals surface area contributed by atoms with Gasteiger partial charge < -0.3 is 9.80 Å². The van der Waals surface area contributed by atoms with Gasteiger partial charge in [-0.1, -0.05) is 35.9 Å². The molecule has 184 valence electrons. The predicted octanol–water partition coefficient (Wildman–Crippen LogP) is 6.14. The van der Waals surface area contributed by atoms with Gasteiger partial charge in [0.15, 0.2) is 0 Å². The molecule has 1 aliphatic heterocycles. The molecular weight excluding hydrogens is 501 g/mol. The normalized spacial score (nSPS) is 15.8. The maximum atomic E-state index is 13.1. The van der Waals surface area contributed by atoms with Crippen LogP contribution >= 0.6 is 22.9 Å². The van der Waals surface area contributed by atoms with Crippen LogP contribution in [0.3, 0.4) is 0 Å². The fraction of sp³-hybridized carbons (Fsp3) is 0.292. The molecule has 1 fully saturated rings. The predicted molar refractivity (Wildman–Crippen MR) is 129 cm³/mol. The third kappa shape index (κ3) is 5.94. The van der Waals surface area contributed by atoms with E-state index in [0.29, 0.717) is 41.5 Å². The Morgan fingerprint density at radius 2 is 1.86 bits per heavy atom. The number of nitrogens with one attached hydrogen (secondary N) is 1. The highest BCUT2D eigenvalue weighted by Crippen LogP contribution is 2.32. The van der Waals surface area contributed by atoms with E-state index < -0.39 is 23.8 Å². The fourth-order valence-electron chi connectivity index (χ4n) is 3.91. The zero-order chi connectivity index (χ0) is 25.2. The van der Waals surface area contributed by atoms with Crippen LogP contribution in [-0.2, 0) is 17.5 Å². The molecule has 0 bridgehead atoms. The first-order valence-electron chi connectivity index (χ1n) is 10.8. The van der Waals surface area contributed by atoms with E-state index in [9.17, 15) is 22.8 Å². The molecule has 1 aliphatic rings. The van der Waals surface area contributed by atoms with Crippen LogP contribution < -0.4 is 5.32 Å². The van der Waals surface area contributed by atoms with Crippen LogP contribution in [0, 0.1) is 0 Å². The lowest BCUT2D eigenvalue weighted by Gasteiger charge is -2.28. The highest BCUT2D eigenvalue weighted by molar-refractivity contribution is 7.13. The summed E-state index contributed by atoms with van der Waals surface area (Å²) in [6, 6.07) is 10.9. The minimum Gasteiger partial charge on any atom is -0.340 e. The molecule has 2 heterocycles. The molecule has 4 rings (SSSR count). The SMILES string of the molecule is CN(Cc1ccc(Cl)cc1)C(=O)C1CCCN1C(=O)Nc1csc(-c2ccc(C(F)(F)F)cc2)n1. The van der Waals surface area contributed by atoms with Gasteiger partial charge in [-0.2, -0.15) is 13.2 Å². The Balaban J connectivity index is 1.39. The number of amides is 3. The maximum absolute atomic E-state index is 13.1. The van der Waals surface area contributed by atoms with E-state index in [2.05, 4.69) is 10.3 Å². The summed E-state index contributed by atoms with van der Waals surface area (Å²) in [5.41, 5.74) is 0.705. The molecule has 1 atom stereocenters. The number of rotatable bonds is 5. The van der Waals surface area contributed by atoms with Gasteiger partial charge in [-0.05, 0) is 42.7 Å². The number of alkyl halides is 3. The van der Waals surface area contributed by atoms with E-state index >= 15 is 0 Å². The first-order valence-corrected chi connectivity index (χ1v) is 12.1. The average molecular weight is 523 g/mol. The molecule has 0 radical (unpaired) electrons. The van der Waals surface area contributed by atoms with Crippen LogP contribution in [0.1, 0.15) is 24.0 Å². The standard InChI is InChI=1S/C24H22ClF3N4O2S/c1-31(13-15-4-10-18(25)11-5-15)22(33)19-3-2-12-32(19)23(34)30-20-14-35-21(29-20)16-6-8-17(9-7-16)24(26,27)28/h4-11,14,19H,2-3,12-13H2,1H3,(H,30,34). The molecule has 6 nitrogen and oxygen atoms in total. The van der Waals surface area contributed by atoms with E-state index in [1.54, 1.807) is 29.5 Å². The van der Waals surface area contributed by atoms with Gasteiger partial charge in [0.1, 0.15) is 16.9 Å². The molecule has 1 unspecified atom stereocenters. The summed E-state index contributed by atoms with van der Waals surface area (Å²) in [7, 11) is 1.70. The highest BCUT2D eigenvalue weighted by atomic mass is 35.5. The Morgan fingerprint density at radius 3 is 2.51 bits per heavy atom. The lowest BCUT2D eigenvalue weighted by Crippen LogP contribution is -2.47. The molecule has 1 N–H and O–H groups in total. The zero-order valence-electron chi connectivity index (χ0n) is 18.7. The quantitative estimate of drug-likeness (QED) is 0.438. The van der Waals surface area contributed by atoms with E-state index in [4.69, 9.17) is 11.6 Å². The second-order valence-corrected chi connectivity index (χ2v) is 9.51. The number of likely N-dealkylation sites (N-methyl/N-ethyl adjacent to an activating group) is 1. The Hall–Kier alpha value is -3.11. The van der Waals surface area contributed by atoms with Gasteiger partial charge in [0.05, 0.1) is 5.56 Å². The summed E-state index contributed by atoms with van der Waals surface area (Å²) >= 11 is 7.12. The lowest BCUT2D eigenvalue weighted by molar-refractivity contribution is -0.137. The van der Waals surface area contributed by atoms with Crippen molar-refractivity contribution in [2.75, 3.05) is 18.9 Å². The van der Waals surface area contributed by atoms with Gasteiger partial charge in [0.25, 0.3) is 0 Å². The smallest absolute Gasteiger partial charge is 0.340 e. The largest absolute Gasteiger partial charge is 0.416 e. The number of aromatic nitrogens is 1. The van der Waals surface area contributed by atoms with Crippen LogP contribution in [0.15, 0.2) is 53.9 Å². The van der Waals surface area contributed by atoms with Crippen molar-refractivity contribution in [1.82, 2.24) is 14.8 Å². The number of thiazole rings is 1. The summed E-state index contributed by atoms with van der Waals surface area (Å²) in [6.45, 7) is 0.831. The highest BCUT2D eigenvalue weighted by Gasteiger charge is 2.36. The molecule has 2 aromatic carbocycles. The van der Waals surface area contributed by atoms with Gasteiger partial charge >= 0.3 is 12.2 Å². The fourth-order valence-corrected chi connectivity index (χ4v) is 4.79. The third-order valence-electron chi connectivity index (χ3n) is 5.71. The van der Waals surface area contributed by atoms with Crippen molar-refractivity contribution in [2.24, 2.45) is 0 Å². The van der Waals surface area contributed by atoms with E-state index in [-0.39, 0.29) is 11.7 Å². The molecule has 35 heavy (non-hydrogen) atoms. The first-order chi connectivity index (χ1) is 16.6. The van der Waals surface area contributed by atoms with Crippen LogP contribution in [0.2, 0.25) is 5.02 Å². The number of nitrogens with zero attached hydrogens (tertiary/aromatic N) is 3.